The highest BCUT2D eigenvalue weighted by Crippen LogP contribution is 2.32. The van der Waals surface area contributed by atoms with Crippen LogP contribution in [0, 0.1) is 0 Å². The molecule has 21 heavy (non-hydrogen) atoms. The summed E-state index contributed by atoms with van der Waals surface area (Å²) in [5.74, 6) is 1.36. The summed E-state index contributed by atoms with van der Waals surface area (Å²) in [6, 6.07) is 10.6. The van der Waals surface area contributed by atoms with Gasteiger partial charge in [0.25, 0.3) is 0 Å². The van der Waals surface area contributed by atoms with Gasteiger partial charge < -0.3 is 5.32 Å². The number of para-hydroxylation sites is 1. The van der Waals surface area contributed by atoms with Crippen LogP contribution in [0.3, 0.4) is 0 Å². The summed E-state index contributed by atoms with van der Waals surface area (Å²) in [6.07, 6.45) is 2.67. The molecule has 0 saturated heterocycles. The Labute approximate surface area is 129 Å². The Bertz CT molecular complexity index is 762. The van der Waals surface area contributed by atoms with E-state index in [4.69, 9.17) is 0 Å². The second kappa shape index (κ2) is 5.82. The van der Waals surface area contributed by atoms with Crippen LogP contribution in [-0.2, 0) is 6.42 Å². The van der Waals surface area contributed by atoms with Crippen LogP contribution < -0.4 is 5.32 Å². The van der Waals surface area contributed by atoms with Crippen LogP contribution in [-0.4, -0.2) is 9.97 Å². The van der Waals surface area contributed by atoms with E-state index in [1.165, 1.54) is 10.4 Å². The molecule has 0 spiro atoms. The maximum atomic E-state index is 4.43. The van der Waals surface area contributed by atoms with Gasteiger partial charge in [-0.15, -0.1) is 11.3 Å². The van der Waals surface area contributed by atoms with Crippen LogP contribution >= 0.6 is 11.3 Å². The van der Waals surface area contributed by atoms with Crippen molar-refractivity contribution >= 4 is 33.1 Å². The van der Waals surface area contributed by atoms with Crippen LogP contribution in [0.15, 0.2) is 36.7 Å². The minimum atomic E-state index is 0.472. The van der Waals surface area contributed by atoms with Crippen LogP contribution in [0.1, 0.15) is 37.1 Å². The number of anilines is 2. The highest BCUT2D eigenvalue weighted by Gasteiger charge is 2.11. The fourth-order valence-electron chi connectivity index (χ4n) is 2.42. The zero-order valence-electron chi connectivity index (χ0n) is 12.6. The molecule has 1 N–H and O–H groups in total. The quantitative estimate of drug-likeness (QED) is 0.726. The summed E-state index contributed by atoms with van der Waals surface area (Å²) in [5, 5.41) is 4.60. The average molecular weight is 297 g/mol. The Kier molecular flexibility index (Phi) is 3.88. The average Bonchev–Trinajstić information content (AvgIpc) is 2.92. The highest BCUT2D eigenvalue weighted by molar-refractivity contribution is 7.18. The summed E-state index contributed by atoms with van der Waals surface area (Å²) in [5.41, 5.74) is 2.42. The summed E-state index contributed by atoms with van der Waals surface area (Å²) >= 11 is 1.74. The predicted octanol–water partition coefficient (Wildman–Crippen LogP) is 5.12. The molecule has 2 aromatic heterocycles. The van der Waals surface area contributed by atoms with E-state index in [0.717, 1.165) is 28.1 Å². The molecule has 3 rings (SSSR count). The summed E-state index contributed by atoms with van der Waals surface area (Å²) < 4.78 is 0. The third-order valence-electron chi connectivity index (χ3n) is 3.56. The van der Waals surface area contributed by atoms with E-state index >= 15 is 0 Å². The van der Waals surface area contributed by atoms with Gasteiger partial charge in [-0.1, -0.05) is 39.0 Å². The predicted molar refractivity (Wildman–Crippen MR) is 90.6 cm³/mol. The molecular weight excluding hydrogens is 278 g/mol. The van der Waals surface area contributed by atoms with Crippen LogP contribution in [0.4, 0.5) is 11.5 Å². The standard InChI is InChI=1S/C17H19N3S/c1-4-12-9-14-16(18-10-19-17(14)21-12)20-15-8-6-5-7-13(15)11(2)3/h5-11H,4H2,1-3H3,(H,18,19,20). The lowest BCUT2D eigenvalue weighted by atomic mass is 10.0. The molecule has 0 bridgehead atoms. The molecule has 1 aromatic carbocycles. The van der Waals surface area contributed by atoms with Crippen molar-refractivity contribution in [2.45, 2.75) is 33.1 Å². The number of rotatable bonds is 4. The minimum Gasteiger partial charge on any atom is -0.339 e. The third-order valence-corrected chi connectivity index (χ3v) is 4.75. The normalized spacial score (nSPS) is 11.2. The summed E-state index contributed by atoms with van der Waals surface area (Å²) in [4.78, 5) is 11.2. The number of nitrogens with zero attached hydrogens (tertiary/aromatic N) is 2. The second-order valence-corrected chi connectivity index (χ2v) is 6.49. The lowest BCUT2D eigenvalue weighted by Gasteiger charge is -2.14. The van der Waals surface area contributed by atoms with Gasteiger partial charge in [0.1, 0.15) is 17.0 Å². The number of nitrogens with one attached hydrogen (secondary N) is 1. The van der Waals surface area contributed by atoms with E-state index in [1.807, 2.05) is 0 Å². The van der Waals surface area contributed by atoms with Gasteiger partial charge in [-0.2, -0.15) is 0 Å². The maximum absolute atomic E-state index is 4.43. The molecule has 0 radical (unpaired) electrons. The van der Waals surface area contributed by atoms with Crippen molar-refractivity contribution in [2.24, 2.45) is 0 Å². The number of hydrogen-bond acceptors (Lipinski definition) is 4. The van der Waals surface area contributed by atoms with Gasteiger partial charge >= 0.3 is 0 Å². The van der Waals surface area contributed by atoms with Crippen molar-refractivity contribution in [1.82, 2.24) is 9.97 Å². The first-order valence-electron chi connectivity index (χ1n) is 7.28. The van der Waals surface area contributed by atoms with Crippen LogP contribution in [0.5, 0.6) is 0 Å². The smallest absolute Gasteiger partial charge is 0.142 e. The molecule has 0 fully saturated rings. The monoisotopic (exact) mass is 297 g/mol. The number of benzene rings is 1. The van der Waals surface area contributed by atoms with Crippen molar-refractivity contribution in [2.75, 3.05) is 5.32 Å². The van der Waals surface area contributed by atoms with Crippen LogP contribution in [0.2, 0.25) is 0 Å². The molecule has 2 heterocycles. The third kappa shape index (κ3) is 2.76. The van der Waals surface area contributed by atoms with Gasteiger partial charge in [0, 0.05) is 10.6 Å². The Hall–Kier alpha value is -1.94. The zero-order chi connectivity index (χ0) is 14.8. The fourth-order valence-corrected chi connectivity index (χ4v) is 3.36. The number of aryl methyl sites for hydroxylation is 1. The van der Waals surface area contributed by atoms with Crippen molar-refractivity contribution in [3.8, 4) is 0 Å². The SMILES string of the molecule is CCc1cc2c(Nc3ccccc3C(C)C)ncnc2s1. The van der Waals surface area contributed by atoms with Crippen molar-refractivity contribution in [3.05, 3.63) is 47.1 Å². The van der Waals surface area contributed by atoms with Gasteiger partial charge in [0.2, 0.25) is 0 Å². The zero-order valence-corrected chi connectivity index (χ0v) is 13.4. The topological polar surface area (TPSA) is 37.8 Å². The van der Waals surface area contributed by atoms with E-state index < -0.39 is 0 Å². The fraction of sp³-hybridized carbons (Fsp3) is 0.294. The first-order chi connectivity index (χ1) is 10.2. The van der Waals surface area contributed by atoms with Crippen LogP contribution in [0.25, 0.3) is 10.2 Å². The molecule has 3 nitrogen and oxygen atoms in total. The summed E-state index contributed by atoms with van der Waals surface area (Å²) in [7, 11) is 0. The van der Waals surface area contributed by atoms with Gasteiger partial charge in [0.05, 0.1) is 5.39 Å². The lowest BCUT2D eigenvalue weighted by Crippen LogP contribution is -1.99. The first-order valence-corrected chi connectivity index (χ1v) is 8.10. The Morgan fingerprint density at radius 2 is 2.00 bits per heavy atom. The van der Waals surface area contributed by atoms with Gasteiger partial charge in [-0.25, -0.2) is 9.97 Å². The summed E-state index contributed by atoms with van der Waals surface area (Å²) in [6.45, 7) is 6.57. The molecule has 4 heteroatoms. The molecule has 0 unspecified atom stereocenters. The number of fused-ring (bicyclic) bond motifs is 1. The van der Waals surface area contributed by atoms with E-state index in [2.05, 4.69) is 66.4 Å². The van der Waals surface area contributed by atoms with E-state index in [-0.39, 0.29) is 0 Å². The molecule has 0 amide bonds. The first kappa shape index (κ1) is 14.0. The number of aromatic nitrogens is 2. The van der Waals surface area contributed by atoms with E-state index in [0.29, 0.717) is 5.92 Å². The molecule has 108 valence electrons. The van der Waals surface area contributed by atoms with Gasteiger partial charge in [-0.05, 0) is 30.0 Å². The molecule has 0 atom stereocenters. The van der Waals surface area contributed by atoms with Gasteiger partial charge in [0.15, 0.2) is 0 Å². The Morgan fingerprint density at radius 1 is 1.19 bits per heavy atom. The molecule has 0 aliphatic carbocycles. The number of hydrogen-bond donors (Lipinski definition) is 1. The van der Waals surface area contributed by atoms with Crippen molar-refractivity contribution in [1.29, 1.82) is 0 Å². The molecular formula is C17H19N3S. The maximum Gasteiger partial charge on any atom is 0.142 e. The van der Waals surface area contributed by atoms with E-state index in [1.54, 1.807) is 17.7 Å². The second-order valence-electron chi connectivity index (χ2n) is 5.37. The lowest BCUT2D eigenvalue weighted by molar-refractivity contribution is 0.869. The molecule has 0 aliphatic rings. The van der Waals surface area contributed by atoms with Crippen molar-refractivity contribution in [3.63, 3.8) is 0 Å². The van der Waals surface area contributed by atoms with Gasteiger partial charge in [-0.3, -0.25) is 0 Å². The minimum absolute atomic E-state index is 0.472. The molecule has 0 saturated carbocycles. The molecule has 3 aromatic rings. The Morgan fingerprint density at radius 3 is 2.76 bits per heavy atom. The van der Waals surface area contributed by atoms with Crippen molar-refractivity contribution < 1.29 is 0 Å². The number of thiophene rings is 1. The molecule has 0 aliphatic heterocycles. The Balaban J connectivity index is 2.04. The van der Waals surface area contributed by atoms with E-state index in [9.17, 15) is 0 Å². The highest BCUT2D eigenvalue weighted by atomic mass is 32.1. The largest absolute Gasteiger partial charge is 0.339 e.